The number of Topliss-reactive ketones (excluding diaryl/α,β-unsaturated/α-hetero) is 1. The van der Waals surface area contributed by atoms with E-state index in [0.29, 0.717) is 5.56 Å². The summed E-state index contributed by atoms with van der Waals surface area (Å²) >= 11 is 0. The number of ketones is 1. The maximum atomic E-state index is 13.5. The molecule has 0 spiro atoms. The van der Waals surface area contributed by atoms with E-state index in [1.54, 1.807) is 24.3 Å². The van der Waals surface area contributed by atoms with Crippen molar-refractivity contribution in [2.24, 2.45) is 0 Å². The molecule has 0 aliphatic carbocycles. The summed E-state index contributed by atoms with van der Waals surface area (Å²) in [6.07, 6.45) is 0. The molecule has 0 N–H and O–H groups in total. The van der Waals surface area contributed by atoms with E-state index in [2.05, 4.69) is 36.4 Å². The van der Waals surface area contributed by atoms with E-state index in [4.69, 9.17) is 4.74 Å². The largest absolute Gasteiger partial charge is 0.454 e. The van der Waals surface area contributed by atoms with Crippen LogP contribution in [0.4, 0.5) is 0 Å². The summed E-state index contributed by atoms with van der Waals surface area (Å²) in [6.45, 7) is 0. The molecule has 37 heavy (non-hydrogen) atoms. The molecule has 0 bridgehead atoms. The Hall–Kier alpha value is -4.54. The van der Waals surface area contributed by atoms with E-state index in [-0.39, 0.29) is 0 Å². The molecular formula is C33H26O3Si. The SMILES string of the molecule is O=C(O[C@H](c1ccccc1)[Si](c1ccccc1)(c1ccccc1)c1ccccc1)C(=O)c1ccccc1. The molecule has 0 aliphatic rings. The van der Waals surface area contributed by atoms with E-state index in [0.717, 1.165) is 21.1 Å². The zero-order chi connectivity index (χ0) is 25.5. The Labute approximate surface area is 218 Å². The quantitative estimate of drug-likeness (QED) is 0.101. The maximum Gasteiger partial charge on any atom is 0.379 e. The predicted octanol–water partition coefficient (Wildman–Crippen LogP) is 4.86. The molecule has 0 heterocycles. The van der Waals surface area contributed by atoms with Crippen molar-refractivity contribution in [2.45, 2.75) is 5.73 Å². The molecule has 3 nitrogen and oxygen atoms in total. The predicted molar refractivity (Wildman–Crippen MR) is 150 cm³/mol. The van der Waals surface area contributed by atoms with Crippen LogP contribution in [0.3, 0.4) is 0 Å². The zero-order valence-electron chi connectivity index (χ0n) is 20.2. The fraction of sp³-hybridized carbons (Fsp3) is 0.0303. The van der Waals surface area contributed by atoms with Crippen molar-refractivity contribution in [2.75, 3.05) is 0 Å². The van der Waals surface area contributed by atoms with E-state index in [1.165, 1.54) is 0 Å². The van der Waals surface area contributed by atoms with E-state index >= 15 is 0 Å². The number of ether oxygens (including phenoxy) is 1. The van der Waals surface area contributed by atoms with Crippen LogP contribution >= 0.6 is 0 Å². The lowest BCUT2D eigenvalue weighted by Gasteiger charge is -2.40. The van der Waals surface area contributed by atoms with Crippen LogP contribution in [-0.2, 0) is 9.53 Å². The highest BCUT2D eigenvalue weighted by Crippen LogP contribution is 2.30. The summed E-state index contributed by atoms with van der Waals surface area (Å²) in [6, 6.07) is 49.0. The van der Waals surface area contributed by atoms with Gasteiger partial charge in [-0.15, -0.1) is 0 Å². The Morgan fingerprint density at radius 2 is 0.838 bits per heavy atom. The van der Waals surface area contributed by atoms with E-state index in [1.807, 2.05) is 91.0 Å². The van der Waals surface area contributed by atoms with Gasteiger partial charge in [-0.05, 0) is 21.1 Å². The summed E-state index contributed by atoms with van der Waals surface area (Å²) in [5.74, 6) is -1.52. The van der Waals surface area contributed by atoms with Gasteiger partial charge in [0.05, 0.1) is 0 Å². The Morgan fingerprint density at radius 1 is 0.486 bits per heavy atom. The number of carbonyl (C=O) groups excluding carboxylic acids is 2. The summed E-state index contributed by atoms with van der Waals surface area (Å²) in [5, 5.41) is 3.25. The molecule has 0 aromatic heterocycles. The second kappa shape index (κ2) is 11.0. The lowest BCUT2D eigenvalue weighted by atomic mass is 10.1. The van der Waals surface area contributed by atoms with Crippen molar-refractivity contribution in [1.29, 1.82) is 0 Å². The molecular weight excluding hydrogens is 472 g/mol. The number of esters is 1. The third-order valence-corrected chi connectivity index (χ3v) is 11.6. The molecule has 5 aromatic rings. The van der Waals surface area contributed by atoms with Gasteiger partial charge < -0.3 is 4.74 Å². The van der Waals surface area contributed by atoms with Crippen LogP contribution in [0.1, 0.15) is 21.6 Å². The first-order valence-electron chi connectivity index (χ1n) is 12.2. The minimum absolute atomic E-state index is 0.311. The van der Waals surface area contributed by atoms with Crippen LogP contribution < -0.4 is 15.6 Å². The molecule has 180 valence electrons. The van der Waals surface area contributed by atoms with Crippen LogP contribution in [0.5, 0.6) is 0 Å². The molecule has 0 saturated heterocycles. The highest BCUT2D eigenvalue weighted by molar-refractivity contribution is 7.12. The van der Waals surface area contributed by atoms with Crippen molar-refractivity contribution in [3.05, 3.63) is 163 Å². The van der Waals surface area contributed by atoms with E-state index < -0.39 is 25.6 Å². The Balaban J connectivity index is 1.77. The molecule has 0 aliphatic heterocycles. The topological polar surface area (TPSA) is 43.4 Å². The summed E-state index contributed by atoms with van der Waals surface area (Å²) in [5.41, 5.74) is 0.465. The smallest absolute Gasteiger partial charge is 0.379 e. The average Bonchev–Trinajstić information content (AvgIpc) is 2.99. The standard InChI is InChI=1S/C33H26O3Si/c34-31(26-16-6-1-7-17-26)32(35)36-33(27-18-8-2-9-19-27)37(28-20-10-3-11-21-28,29-22-12-4-13-23-29)30-24-14-5-15-25-30/h1-25,33H/t33-/m0/s1. The van der Waals surface area contributed by atoms with Crippen molar-refractivity contribution in [1.82, 2.24) is 0 Å². The third kappa shape index (κ3) is 4.79. The Morgan fingerprint density at radius 3 is 1.24 bits per heavy atom. The van der Waals surface area contributed by atoms with Gasteiger partial charge in [-0.2, -0.15) is 0 Å². The normalized spacial score (nSPS) is 11.9. The van der Waals surface area contributed by atoms with Crippen molar-refractivity contribution in [3.8, 4) is 0 Å². The number of hydrogen-bond acceptors (Lipinski definition) is 3. The molecule has 0 saturated carbocycles. The lowest BCUT2D eigenvalue weighted by Crippen LogP contribution is -2.71. The van der Waals surface area contributed by atoms with E-state index in [9.17, 15) is 9.59 Å². The number of benzene rings is 5. The van der Waals surface area contributed by atoms with Gasteiger partial charge in [0.2, 0.25) is 0 Å². The number of rotatable bonds is 8. The molecule has 5 aromatic carbocycles. The number of hydrogen-bond donors (Lipinski definition) is 0. The minimum atomic E-state index is -3.10. The van der Waals surface area contributed by atoms with Crippen LogP contribution in [0, 0.1) is 0 Å². The van der Waals surface area contributed by atoms with Gasteiger partial charge >= 0.3 is 5.97 Å². The molecule has 0 amide bonds. The van der Waals surface area contributed by atoms with Gasteiger partial charge in [0.25, 0.3) is 5.78 Å². The van der Waals surface area contributed by atoms with Crippen LogP contribution in [0.25, 0.3) is 0 Å². The summed E-state index contributed by atoms with van der Waals surface area (Å²) in [7, 11) is -3.10. The van der Waals surface area contributed by atoms with Crippen LogP contribution in [0.2, 0.25) is 0 Å². The molecule has 0 radical (unpaired) electrons. The van der Waals surface area contributed by atoms with Gasteiger partial charge in [0, 0.05) is 5.56 Å². The van der Waals surface area contributed by atoms with Gasteiger partial charge in [0.15, 0.2) is 8.07 Å². The molecule has 1 atom stereocenters. The fourth-order valence-corrected chi connectivity index (χ4v) is 10.00. The molecule has 0 unspecified atom stereocenters. The van der Waals surface area contributed by atoms with Crippen LogP contribution in [0.15, 0.2) is 152 Å². The fourth-order valence-electron chi connectivity index (χ4n) is 4.96. The van der Waals surface area contributed by atoms with Gasteiger partial charge in [0.1, 0.15) is 5.73 Å². The van der Waals surface area contributed by atoms with Crippen molar-refractivity contribution >= 4 is 35.4 Å². The Kier molecular flexibility index (Phi) is 7.20. The highest BCUT2D eigenvalue weighted by atomic mass is 28.3. The first-order valence-corrected chi connectivity index (χ1v) is 14.3. The van der Waals surface area contributed by atoms with Gasteiger partial charge in [-0.3, -0.25) is 4.79 Å². The molecule has 0 fully saturated rings. The van der Waals surface area contributed by atoms with Crippen LogP contribution in [-0.4, -0.2) is 19.8 Å². The summed E-state index contributed by atoms with van der Waals surface area (Å²) in [4.78, 5) is 26.7. The molecule has 5 rings (SSSR count). The third-order valence-electron chi connectivity index (χ3n) is 6.63. The maximum absolute atomic E-state index is 13.5. The highest BCUT2D eigenvalue weighted by Gasteiger charge is 2.50. The average molecular weight is 499 g/mol. The first kappa shape index (κ1) is 24.2. The summed E-state index contributed by atoms with van der Waals surface area (Å²) < 4.78 is 6.35. The Bertz CT molecular complexity index is 1360. The van der Waals surface area contributed by atoms with Gasteiger partial charge in [-0.1, -0.05) is 152 Å². The number of carbonyl (C=O) groups is 2. The monoisotopic (exact) mass is 498 g/mol. The second-order valence-corrected chi connectivity index (χ2v) is 12.7. The molecule has 4 heteroatoms. The zero-order valence-corrected chi connectivity index (χ0v) is 21.2. The van der Waals surface area contributed by atoms with Crippen molar-refractivity contribution in [3.63, 3.8) is 0 Å². The lowest BCUT2D eigenvalue weighted by molar-refractivity contribution is -0.140. The second-order valence-electron chi connectivity index (χ2n) is 8.80. The first-order chi connectivity index (χ1) is 18.2. The van der Waals surface area contributed by atoms with Gasteiger partial charge in [-0.25, -0.2) is 4.79 Å². The minimum Gasteiger partial charge on any atom is -0.454 e. The van der Waals surface area contributed by atoms with Crippen molar-refractivity contribution < 1.29 is 14.3 Å².